The third kappa shape index (κ3) is 4.15. The number of hydrogen-bond donors (Lipinski definition) is 0. The number of rotatable bonds is 3. The molecule has 0 unspecified atom stereocenters. The first kappa shape index (κ1) is 23.0. The lowest BCUT2D eigenvalue weighted by Gasteiger charge is -2.12. The molecule has 0 spiro atoms. The summed E-state index contributed by atoms with van der Waals surface area (Å²) in [5, 5.41) is 7.26. The molecule has 174 valence electrons. The van der Waals surface area contributed by atoms with Gasteiger partial charge in [-0.3, -0.25) is 0 Å². The minimum absolute atomic E-state index is 0.874. The number of aromatic nitrogens is 3. The van der Waals surface area contributed by atoms with Crippen molar-refractivity contribution in [1.82, 2.24) is 14.6 Å². The van der Waals surface area contributed by atoms with Crippen LogP contribution in [0.4, 0.5) is 0 Å². The molecule has 1 aliphatic carbocycles. The van der Waals surface area contributed by atoms with Gasteiger partial charge in [0.2, 0.25) is 0 Å². The van der Waals surface area contributed by atoms with Gasteiger partial charge in [0.1, 0.15) is 0 Å². The van der Waals surface area contributed by atoms with Gasteiger partial charge in [0.15, 0.2) is 5.65 Å². The molecule has 0 radical (unpaired) electrons. The Balaban J connectivity index is 0.00000124. The van der Waals surface area contributed by atoms with Crippen LogP contribution in [0.2, 0.25) is 0 Å². The Hall–Kier alpha value is -3.76. The molecular formula is C31H29N3S. The minimum Gasteiger partial charge on any atom is -0.228 e. The molecule has 2 aromatic carbocycles. The molecule has 0 bridgehead atoms. The van der Waals surface area contributed by atoms with Gasteiger partial charge in [0.05, 0.1) is 17.6 Å². The van der Waals surface area contributed by atoms with E-state index in [-0.39, 0.29) is 0 Å². The largest absolute Gasteiger partial charge is 0.228 e. The van der Waals surface area contributed by atoms with E-state index in [1.54, 1.807) is 11.3 Å². The van der Waals surface area contributed by atoms with E-state index in [1.165, 1.54) is 20.9 Å². The summed E-state index contributed by atoms with van der Waals surface area (Å²) >= 11 is 1.74. The third-order valence-electron chi connectivity index (χ3n) is 6.24. The van der Waals surface area contributed by atoms with Crippen LogP contribution >= 0.6 is 11.3 Å². The predicted octanol–water partition coefficient (Wildman–Crippen LogP) is 7.25. The van der Waals surface area contributed by atoms with E-state index >= 15 is 0 Å². The fraction of sp³-hybridized carbons (Fsp3) is 0.161. The van der Waals surface area contributed by atoms with E-state index in [2.05, 4.69) is 86.3 Å². The van der Waals surface area contributed by atoms with Crippen molar-refractivity contribution in [3.8, 4) is 22.4 Å². The van der Waals surface area contributed by atoms with Gasteiger partial charge in [-0.1, -0.05) is 87.2 Å². The average Bonchev–Trinajstić information content (AvgIpc) is 3.49. The van der Waals surface area contributed by atoms with Gasteiger partial charge in [-0.05, 0) is 53.6 Å². The Morgan fingerprint density at radius 1 is 1.00 bits per heavy atom. The molecule has 0 saturated carbocycles. The Bertz CT molecular complexity index is 1680. The number of benzene rings is 2. The van der Waals surface area contributed by atoms with Crippen molar-refractivity contribution in [1.29, 1.82) is 0 Å². The first-order valence-corrected chi connectivity index (χ1v) is 13.0. The highest BCUT2D eigenvalue weighted by molar-refractivity contribution is 7.17. The molecule has 1 aliphatic rings. The molecule has 0 N–H and O–H groups in total. The van der Waals surface area contributed by atoms with Crippen LogP contribution in [0.15, 0.2) is 79.0 Å². The molecular weight excluding hydrogens is 446 g/mol. The summed E-state index contributed by atoms with van der Waals surface area (Å²) in [7, 11) is 0. The van der Waals surface area contributed by atoms with Crippen molar-refractivity contribution in [3.63, 3.8) is 0 Å². The monoisotopic (exact) mass is 475 g/mol. The summed E-state index contributed by atoms with van der Waals surface area (Å²) in [4.78, 5) is 5.11. The summed E-state index contributed by atoms with van der Waals surface area (Å²) < 4.78 is 4.31. The van der Waals surface area contributed by atoms with E-state index in [4.69, 9.17) is 10.1 Å². The predicted molar refractivity (Wildman–Crippen MR) is 152 cm³/mol. The zero-order valence-corrected chi connectivity index (χ0v) is 21.3. The maximum atomic E-state index is 5.11. The maximum Gasteiger partial charge on any atom is 0.164 e. The van der Waals surface area contributed by atoms with Crippen molar-refractivity contribution in [3.05, 3.63) is 94.5 Å². The van der Waals surface area contributed by atoms with Crippen LogP contribution in [0.25, 0.3) is 56.3 Å². The van der Waals surface area contributed by atoms with Crippen LogP contribution in [0, 0.1) is 0 Å². The van der Waals surface area contributed by atoms with Crippen molar-refractivity contribution >= 4 is 45.3 Å². The fourth-order valence-electron chi connectivity index (χ4n) is 4.58. The number of nitrogens with zero attached hydrogens (tertiary/aromatic N) is 3. The molecule has 5 aromatic rings. The van der Waals surface area contributed by atoms with Crippen LogP contribution in [0.3, 0.4) is 0 Å². The topological polar surface area (TPSA) is 30.2 Å². The zero-order chi connectivity index (χ0) is 24.4. The van der Waals surface area contributed by atoms with Gasteiger partial charge in [-0.2, -0.15) is 5.10 Å². The second kappa shape index (κ2) is 9.85. The standard InChI is InChI=1S/C29H23N3S.C2H6/c1-3-23-19(2)33-28-16-22(14-15-24(23)28)25-18-30-32-27(21-12-8-5-9-13-21)17-26(31-29(25)32)20-10-6-4-7-11-20;1-2/h3,5-6,8-18H,2,4,7H2,1H3;1-2H3/b23-3+;. The summed E-state index contributed by atoms with van der Waals surface area (Å²) in [5.41, 5.74) is 7.36. The summed E-state index contributed by atoms with van der Waals surface area (Å²) in [6.45, 7) is 10.3. The summed E-state index contributed by atoms with van der Waals surface area (Å²) in [5.74, 6) is 0. The van der Waals surface area contributed by atoms with Gasteiger partial charge < -0.3 is 0 Å². The summed E-state index contributed by atoms with van der Waals surface area (Å²) in [6, 6.07) is 19.2. The average molecular weight is 476 g/mol. The second-order valence-corrected chi connectivity index (χ2v) is 9.40. The van der Waals surface area contributed by atoms with Crippen LogP contribution < -0.4 is 9.75 Å². The lowest BCUT2D eigenvalue weighted by Crippen LogP contribution is -2.15. The van der Waals surface area contributed by atoms with Gasteiger partial charge in [-0.25, -0.2) is 9.50 Å². The molecule has 0 aliphatic heterocycles. The van der Waals surface area contributed by atoms with Crippen molar-refractivity contribution in [2.24, 2.45) is 0 Å². The van der Waals surface area contributed by atoms with E-state index in [0.29, 0.717) is 0 Å². The normalized spacial score (nSPS) is 13.7. The van der Waals surface area contributed by atoms with E-state index in [0.717, 1.165) is 51.1 Å². The minimum atomic E-state index is 0.874. The highest BCUT2D eigenvalue weighted by atomic mass is 32.1. The lowest BCUT2D eigenvalue weighted by molar-refractivity contribution is 0.943. The molecule has 3 nitrogen and oxygen atoms in total. The van der Waals surface area contributed by atoms with E-state index in [9.17, 15) is 0 Å². The van der Waals surface area contributed by atoms with Crippen LogP contribution in [0.5, 0.6) is 0 Å². The molecule has 6 rings (SSSR count). The Kier molecular flexibility index (Phi) is 6.47. The number of thiophene rings is 1. The fourth-order valence-corrected chi connectivity index (χ4v) is 5.66. The van der Waals surface area contributed by atoms with Gasteiger partial charge in [0, 0.05) is 20.4 Å². The first-order valence-electron chi connectivity index (χ1n) is 12.2. The van der Waals surface area contributed by atoms with Crippen LogP contribution in [0.1, 0.15) is 39.3 Å². The third-order valence-corrected chi connectivity index (χ3v) is 7.26. The van der Waals surface area contributed by atoms with E-state index < -0.39 is 0 Å². The second-order valence-electron chi connectivity index (χ2n) is 8.26. The number of hydrogen-bond acceptors (Lipinski definition) is 3. The highest BCUT2D eigenvalue weighted by Crippen LogP contribution is 2.32. The molecule has 4 heteroatoms. The SMILES string of the molecule is C=c1sc2cc(-c3cnn4c(-c5ccccc5)cc(C5=CCCC=C5)nc34)ccc2/c1=C/C.CC. The zero-order valence-electron chi connectivity index (χ0n) is 20.5. The molecule has 0 fully saturated rings. The van der Waals surface area contributed by atoms with Gasteiger partial charge in [-0.15, -0.1) is 11.3 Å². The molecule has 3 aromatic heterocycles. The molecule has 0 amide bonds. The van der Waals surface area contributed by atoms with Gasteiger partial charge in [0.25, 0.3) is 0 Å². The number of allylic oxidation sites excluding steroid dienone is 4. The van der Waals surface area contributed by atoms with E-state index in [1.807, 2.05) is 30.6 Å². The van der Waals surface area contributed by atoms with Gasteiger partial charge >= 0.3 is 0 Å². The highest BCUT2D eigenvalue weighted by Gasteiger charge is 2.16. The Morgan fingerprint density at radius 2 is 1.83 bits per heavy atom. The maximum absolute atomic E-state index is 5.11. The molecule has 0 atom stereocenters. The van der Waals surface area contributed by atoms with Crippen LogP contribution in [-0.4, -0.2) is 14.6 Å². The first-order chi connectivity index (χ1) is 17.2. The summed E-state index contributed by atoms with van der Waals surface area (Å²) in [6.07, 6.45) is 12.9. The quantitative estimate of drug-likeness (QED) is 0.275. The van der Waals surface area contributed by atoms with Crippen LogP contribution in [-0.2, 0) is 0 Å². The number of fused-ring (bicyclic) bond motifs is 2. The van der Waals surface area contributed by atoms with Crippen molar-refractivity contribution in [2.45, 2.75) is 33.6 Å². The smallest absolute Gasteiger partial charge is 0.164 e. The molecule has 35 heavy (non-hydrogen) atoms. The van der Waals surface area contributed by atoms with Crippen molar-refractivity contribution in [2.75, 3.05) is 0 Å². The lowest BCUT2D eigenvalue weighted by atomic mass is 10.0. The molecule has 0 saturated heterocycles. The Labute approximate surface area is 210 Å². The Morgan fingerprint density at radius 3 is 2.57 bits per heavy atom. The van der Waals surface area contributed by atoms with Crippen molar-refractivity contribution < 1.29 is 0 Å². The molecule has 3 heterocycles.